The molecule has 2 aromatic rings. The average Bonchev–Trinajstić information content (AvgIpc) is 2.93. The molecule has 3 heteroatoms. The Balaban J connectivity index is 1.70. The lowest BCUT2D eigenvalue weighted by Gasteiger charge is -2.24. The van der Waals surface area contributed by atoms with Crippen molar-refractivity contribution in [2.75, 3.05) is 0 Å². The maximum atomic E-state index is 12.7. The van der Waals surface area contributed by atoms with Crippen LogP contribution in [0.3, 0.4) is 0 Å². The Morgan fingerprint density at radius 2 is 2.00 bits per heavy atom. The molecule has 1 aliphatic heterocycles. The molecule has 1 fully saturated rings. The summed E-state index contributed by atoms with van der Waals surface area (Å²) in [5.41, 5.74) is 2.16. The van der Waals surface area contributed by atoms with Crippen LogP contribution < -0.4 is 5.56 Å². The van der Waals surface area contributed by atoms with E-state index in [1.807, 2.05) is 23.6 Å². The first kappa shape index (κ1) is 14.0. The van der Waals surface area contributed by atoms with Crippen molar-refractivity contribution in [3.63, 3.8) is 0 Å². The van der Waals surface area contributed by atoms with Crippen LogP contribution in [0.5, 0.6) is 0 Å². The highest BCUT2D eigenvalue weighted by molar-refractivity contribution is 5.78. The molecule has 116 valence electrons. The van der Waals surface area contributed by atoms with Gasteiger partial charge in [0.25, 0.3) is 5.56 Å². The largest absolute Gasteiger partial charge is 0.296 e. The standard InChI is InChI=1S/C19H24N2O/c1-13-7-8-17-16(11-13)19(22)21-10-9-15(18(21)20-17)12-14-5-3-2-4-6-14/h7-8,11,14-15H,2-6,9-10,12H2,1H3. The summed E-state index contributed by atoms with van der Waals surface area (Å²) in [6.07, 6.45) is 9.22. The Kier molecular flexibility index (Phi) is 3.51. The maximum absolute atomic E-state index is 12.7. The van der Waals surface area contributed by atoms with Crippen molar-refractivity contribution in [2.24, 2.45) is 5.92 Å². The Morgan fingerprint density at radius 3 is 2.82 bits per heavy atom. The second-order valence-corrected chi connectivity index (χ2v) is 7.17. The Bertz CT molecular complexity index is 756. The Hall–Kier alpha value is -1.64. The Labute approximate surface area is 131 Å². The van der Waals surface area contributed by atoms with E-state index in [4.69, 9.17) is 4.98 Å². The molecule has 1 atom stereocenters. The molecule has 0 amide bonds. The van der Waals surface area contributed by atoms with Crippen LogP contribution in [0.2, 0.25) is 0 Å². The molecule has 1 unspecified atom stereocenters. The van der Waals surface area contributed by atoms with E-state index in [-0.39, 0.29) is 5.56 Å². The lowest BCUT2D eigenvalue weighted by molar-refractivity contribution is 0.315. The monoisotopic (exact) mass is 296 g/mol. The summed E-state index contributed by atoms with van der Waals surface area (Å²) in [6.45, 7) is 2.88. The third kappa shape index (κ3) is 2.37. The summed E-state index contributed by atoms with van der Waals surface area (Å²) < 4.78 is 1.94. The lowest BCUT2D eigenvalue weighted by Crippen LogP contribution is -2.22. The third-order valence-corrected chi connectivity index (χ3v) is 5.55. The van der Waals surface area contributed by atoms with Crippen molar-refractivity contribution in [3.8, 4) is 0 Å². The van der Waals surface area contributed by atoms with Crippen LogP contribution >= 0.6 is 0 Å². The van der Waals surface area contributed by atoms with Crippen molar-refractivity contribution in [3.05, 3.63) is 39.9 Å². The summed E-state index contributed by atoms with van der Waals surface area (Å²) in [5, 5.41) is 0.780. The van der Waals surface area contributed by atoms with Gasteiger partial charge in [0.15, 0.2) is 0 Å². The van der Waals surface area contributed by atoms with Crippen LogP contribution in [0.25, 0.3) is 10.9 Å². The minimum absolute atomic E-state index is 0.162. The summed E-state index contributed by atoms with van der Waals surface area (Å²) >= 11 is 0. The van der Waals surface area contributed by atoms with Crippen molar-refractivity contribution in [1.29, 1.82) is 0 Å². The number of fused-ring (bicyclic) bond motifs is 2. The van der Waals surface area contributed by atoms with Crippen molar-refractivity contribution in [1.82, 2.24) is 9.55 Å². The van der Waals surface area contributed by atoms with Gasteiger partial charge in [-0.3, -0.25) is 9.36 Å². The predicted octanol–water partition coefficient (Wildman–Crippen LogP) is 4.16. The van der Waals surface area contributed by atoms with E-state index < -0.39 is 0 Å². The van der Waals surface area contributed by atoms with E-state index in [1.54, 1.807) is 0 Å². The summed E-state index contributed by atoms with van der Waals surface area (Å²) in [6, 6.07) is 6.03. The molecule has 0 spiro atoms. The first-order chi connectivity index (χ1) is 10.7. The van der Waals surface area contributed by atoms with Crippen LogP contribution in [-0.2, 0) is 6.54 Å². The molecule has 1 aromatic heterocycles. The van der Waals surface area contributed by atoms with Gasteiger partial charge < -0.3 is 0 Å². The highest BCUT2D eigenvalue weighted by atomic mass is 16.1. The molecule has 3 nitrogen and oxygen atoms in total. The minimum Gasteiger partial charge on any atom is -0.296 e. The van der Waals surface area contributed by atoms with E-state index in [0.717, 1.165) is 41.2 Å². The lowest BCUT2D eigenvalue weighted by atomic mass is 9.82. The van der Waals surface area contributed by atoms with Crippen LogP contribution in [0.1, 0.15) is 62.3 Å². The van der Waals surface area contributed by atoms with Gasteiger partial charge in [0, 0.05) is 12.5 Å². The van der Waals surface area contributed by atoms with Crippen molar-refractivity contribution in [2.45, 2.75) is 64.3 Å². The molecule has 1 saturated carbocycles. The van der Waals surface area contributed by atoms with Gasteiger partial charge in [-0.05, 0) is 37.8 Å². The fourth-order valence-electron chi connectivity index (χ4n) is 4.34. The van der Waals surface area contributed by atoms with Crippen molar-refractivity contribution < 1.29 is 0 Å². The van der Waals surface area contributed by atoms with Gasteiger partial charge in [0.1, 0.15) is 5.82 Å². The number of aromatic nitrogens is 2. The molecule has 0 bridgehead atoms. The normalized spacial score (nSPS) is 22.1. The molecule has 1 aliphatic carbocycles. The predicted molar refractivity (Wildman–Crippen MR) is 89.3 cm³/mol. The van der Waals surface area contributed by atoms with Gasteiger partial charge in [-0.15, -0.1) is 0 Å². The Morgan fingerprint density at radius 1 is 1.18 bits per heavy atom. The van der Waals surface area contributed by atoms with Crippen molar-refractivity contribution >= 4 is 10.9 Å². The highest BCUT2D eigenvalue weighted by Gasteiger charge is 2.29. The number of rotatable bonds is 2. The fourth-order valence-corrected chi connectivity index (χ4v) is 4.34. The van der Waals surface area contributed by atoms with Gasteiger partial charge in [-0.2, -0.15) is 0 Å². The second-order valence-electron chi connectivity index (χ2n) is 7.17. The van der Waals surface area contributed by atoms with Gasteiger partial charge in [-0.25, -0.2) is 4.98 Å². The van der Waals surface area contributed by atoms with E-state index in [0.29, 0.717) is 5.92 Å². The number of aryl methyl sites for hydroxylation is 1. The zero-order valence-electron chi connectivity index (χ0n) is 13.3. The molecule has 2 aliphatic rings. The number of nitrogens with zero attached hydrogens (tertiary/aromatic N) is 2. The molecule has 4 rings (SSSR count). The molecule has 0 N–H and O–H groups in total. The van der Waals surface area contributed by atoms with Crippen LogP contribution in [0.4, 0.5) is 0 Å². The number of benzene rings is 1. The topological polar surface area (TPSA) is 34.9 Å². The fraction of sp³-hybridized carbons (Fsp3) is 0.579. The molecule has 0 radical (unpaired) electrons. The minimum atomic E-state index is 0.162. The first-order valence-corrected chi connectivity index (χ1v) is 8.73. The van der Waals surface area contributed by atoms with E-state index >= 15 is 0 Å². The number of hydrogen-bond acceptors (Lipinski definition) is 2. The van der Waals surface area contributed by atoms with E-state index in [9.17, 15) is 4.79 Å². The smallest absolute Gasteiger partial charge is 0.261 e. The van der Waals surface area contributed by atoms with Crippen LogP contribution in [0.15, 0.2) is 23.0 Å². The number of hydrogen-bond donors (Lipinski definition) is 0. The summed E-state index contributed by atoms with van der Waals surface area (Å²) in [4.78, 5) is 17.6. The van der Waals surface area contributed by atoms with Gasteiger partial charge >= 0.3 is 0 Å². The van der Waals surface area contributed by atoms with Crippen LogP contribution in [-0.4, -0.2) is 9.55 Å². The van der Waals surface area contributed by atoms with Gasteiger partial charge in [0.2, 0.25) is 0 Å². The summed E-state index contributed by atoms with van der Waals surface area (Å²) in [5.74, 6) is 2.38. The summed E-state index contributed by atoms with van der Waals surface area (Å²) in [7, 11) is 0. The zero-order chi connectivity index (χ0) is 15.1. The average molecular weight is 296 g/mol. The molecular formula is C19H24N2O. The van der Waals surface area contributed by atoms with E-state index in [1.165, 1.54) is 38.5 Å². The molecule has 0 saturated heterocycles. The second kappa shape index (κ2) is 5.53. The van der Waals surface area contributed by atoms with E-state index in [2.05, 4.69) is 6.07 Å². The SMILES string of the molecule is Cc1ccc2nc3n(c(=O)c2c1)CCC3CC1CCCCC1. The van der Waals surface area contributed by atoms with Crippen LogP contribution in [0, 0.1) is 12.8 Å². The molecular weight excluding hydrogens is 272 g/mol. The zero-order valence-corrected chi connectivity index (χ0v) is 13.3. The molecule has 2 heterocycles. The third-order valence-electron chi connectivity index (χ3n) is 5.55. The molecule has 1 aromatic carbocycles. The highest BCUT2D eigenvalue weighted by Crippen LogP contribution is 2.37. The van der Waals surface area contributed by atoms with Gasteiger partial charge in [0.05, 0.1) is 10.9 Å². The maximum Gasteiger partial charge on any atom is 0.261 e. The molecule has 22 heavy (non-hydrogen) atoms. The quantitative estimate of drug-likeness (QED) is 0.834. The van der Waals surface area contributed by atoms with Gasteiger partial charge in [-0.1, -0.05) is 43.7 Å². The first-order valence-electron chi connectivity index (χ1n) is 8.73.